The lowest BCUT2D eigenvalue weighted by atomic mass is 10.1. The van der Waals surface area contributed by atoms with E-state index in [1.54, 1.807) is 0 Å². The van der Waals surface area contributed by atoms with Crippen LogP contribution in [0.1, 0.15) is 31.2 Å². The summed E-state index contributed by atoms with van der Waals surface area (Å²) in [6.45, 7) is 3.80. The molecule has 1 heterocycles. The number of carboxylic acid groups (broad SMARTS) is 1. The molecular formula is C17H24N2O3. The van der Waals surface area contributed by atoms with Gasteiger partial charge < -0.3 is 10.4 Å². The molecule has 1 aromatic carbocycles. The Morgan fingerprint density at radius 1 is 1.23 bits per heavy atom. The number of nitrogens with zero attached hydrogens (tertiary/aromatic N) is 1. The van der Waals surface area contributed by atoms with Crippen LogP contribution in [0.15, 0.2) is 30.3 Å². The van der Waals surface area contributed by atoms with Crippen molar-refractivity contribution >= 4 is 11.9 Å². The summed E-state index contributed by atoms with van der Waals surface area (Å²) in [5.41, 5.74) is 1.34. The average Bonchev–Trinajstić information content (AvgIpc) is 2.93. The van der Waals surface area contributed by atoms with E-state index in [1.807, 2.05) is 6.07 Å². The van der Waals surface area contributed by atoms with Crippen LogP contribution in [0.3, 0.4) is 0 Å². The van der Waals surface area contributed by atoms with Crippen molar-refractivity contribution in [2.45, 2.75) is 32.2 Å². The number of hydrogen-bond donors (Lipinski definition) is 2. The third kappa shape index (κ3) is 5.85. The fourth-order valence-corrected chi connectivity index (χ4v) is 2.86. The number of carbonyl (C=O) groups is 2. The lowest BCUT2D eigenvalue weighted by Crippen LogP contribution is -2.27. The lowest BCUT2D eigenvalue weighted by molar-refractivity contribution is -0.138. The first-order valence-electron chi connectivity index (χ1n) is 7.88. The van der Waals surface area contributed by atoms with Gasteiger partial charge >= 0.3 is 5.97 Å². The van der Waals surface area contributed by atoms with Gasteiger partial charge in [0.05, 0.1) is 6.42 Å². The molecule has 1 amide bonds. The molecule has 2 rings (SSSR count). The van der Waals surface area contributed by atoms with Crippen molar-refractivity contribution < 1.29 is 14.7 Å². The molecule has 22 heavy (non-hydrogen) atoms. The van der Waals surface area contributed by atoms with E-state index in [-0.39, 0.29) is 18.7 Å². The van der Waals surface area contributed by atoms with Crippen molar-refractivity contribution in [1.29, 1.82) is 0 Å². The second kappa shape index (κ2) is 8.54. The van der Waals surface area contributed by atoms with Gasteiger partial charge in [-0.3, -0.25) is 14.5 Å². The molecule has 2 N–H and O–H groups in total. The standard InChI is InChI=1S/C17H24N2O3/c20-16(6-7-17(21)22)18-10-8-15-9-11-19(13-15)12-14-4-2-1-3-5-14/h1-5,15H,6-13H2,(H,18,20)(H,21,22)/t15-/m0/s1. The Kier molecular flexibility index (Phi) is 6.40. The van der Waals surface area contributed by atoms with Crippen LogP contribution in [-0.4, -0.2) is 41.5 Å². The number of aliphatic carboxylic acids is 1. The van der Waals surface area contributed by atoms with Gasteiger partial charge in [0.1, 0.15) is 0 Å². The van der Waals surface area contributed by atoms with E-state index in [4.69, 9.17) is 5.11 Å². The molecule has 1 fully saturated rings. The number of carbonyl (C=O) groups excluding carboxylic acids is 1. The quantitative estimate of drug-likeness (QED) is 0.769. The molecule has 1 aromatic rings. The van der Waals surface area contributed by atoms with E-state index < -0.39 is 5.97 Å². The lowest BCUT2D eigenvalue weighted by Gasteiger charge is -2.16. The van der Waals surface area contributed by atoms with Crippen LogP contribution in [0, 0.1) is 5.92 Å². The summed E-state index contributed by atoms with van der Waals surface area (Å²) in [5, 5.41) is 11.3. The number of rotatable bonds is 8. The van der Waals surface area contributed by atoms with Crippen molar-refractivity contribution in [3.05, 3.63) is 35.9 Å². The van der Waals surface area contributed by atoms with E-state index in [1.165, 1.54) is 5.56 Å². The smallest absolute Gasteiger partial charge is 0.303 e. The van der Waals surface area contributed by atoms with Crippen LogP contribution < -0.4 is 5.32 Å². The average molecular weight is 304 g/mol. The predicted octanol–water partition coefficient (Wildman–Crippen LogP) is 1.88. The topological polar surface area (TPSA) is 69.6 Å². The maximum absolute atomic E-state index is 11.4. The van der Waals surface area contributed by atoms with Gasteiger partial charge in [0.2, 0.25) is 5.91 Å². The number of carboxylic acids is 1. The van der Waals surface area contributed by atoms with Crippen LogP contribution in [0.2, 0.25) is 0 Å². The Morgan fingerprint density at radius 3 is 2.73 bits per heavy atom. The first kappa shape index (κ1) is 16.5. The van der Waals surface area contributed by atoms with Crippen molar-refractivity contribution in [3.63, 3.8) is 0 Å². The van der Waals surface area contributed by atoms with Crippen LogP contribution in [0.5, 0.6) is 0 Å². The summed E-state index contributed by atoms with van der Waals surface area (Å²) in [5.74, 6) is -0.479. The molecule has 0 spiro atoms. The second-order valence-electron chi connectivity index (χ2n) is 5.91. The molecule has 0 aliphatic carbocycles. The first-order chi connectivity index (χ1) is 10.6. The largest absolute Gasteiger partial charge is 0.481 e. The van der Waals surface area contributed by atoms with Gasteiger partial charge in [0.15, 0.2) is 0 Å². The SMILES string of the molecule is O=C(O)CCC(=O)NCC[C@H]1CCN(Cc2ccccc2)C1. The van der Waals surface area contributed by atoms with E-state index in [9.17, 15) is 9.59 Å². The minimum atomic E-state index is -0.928. The number of amides is 1. The second-order valence-corrected chi connectivity index (χ2v) is 5.91. The molecule has 0 unspecified atom stereocenters. The molecule has 0 radical (unpaired) electrons. The van der Waals surface area contributed by atoms with Crippen molar-refractivity contribution in [1.82, 2.24) is 10.2 Å². The molecule has 5 heteroatoms. The molecule has 1 saturated heterocycles. The Labute approximate surface area is 131 Å². The van der Waals surface area contributed by atoms with Crippen molar-refractivity contribution in [3.8, 4) is 0 Å². The summed E-state index contributed by atoms with van der Waals surface area (Å²) < 4.78 is 0. The highest BCUT2D eigenvalue weighted by Gasteiger charge is 2.22. The minimum absolute atomic E-state index is 0.0696. The fourth-order valence-electron chi connectivity index (χ4n) is 2.86. The zero-order chi connectivity index (χ0) is 15.8. The molecule has 0 aromatic heterocycles. The van der Waals surface area contributed by atoms with Crippen LogP contribution >= 0.6 is 0 Å². The summed E-state index contributed by atoms with van der Waals surface area (Å²) in [7, 11) is 0. The molecule has 1 aliphatic rings. The van der Waals surface area contributed by atoms with Crippen molar-refractivity contribution in [2.75, 3.05) is 19.6 Å². The van der Waals surface area contributed by atoms with Gasteiger partial charge in [0.25, 0.3) is 0 Å². The molecule has 0 bridgehead atoms. The number of benzene rings is 1. The normalized spacial score (nSPS) is 18.3. The molecule has 120 valence electrons. The zero-order valence-corrected chi connectivity index (χ0v) is 12.8. The fraction of sp³-hybridized carbons (Fsp3) is 0.529. The maximum atomic E-state index is 11.4. The highest BCUT2D eigenvalue weighted by molar-refractivity contribution is 5.80. The van der Waals surface area contributed by atoms with Gasteiger partial charge in [-0.25, -0.2) is 0 Å². The molecule has 1 aliphatic heterocycles. The zero-order valence-electron chi connectivity index (χ0n) is 12.8. The van der Waals surface area contributed by atoms with E-state index in [0.717, 1.165) is 32.5 Å². The highest BCUT2D eigenvalue weighted by atomic mass is 16.4. The minimum Gasteiger partial charge on any atom is -0.481 e. The van der Waals surface area contributed by atoms with Crippen LogP contribution in [-0.2, 0) is 16.1 Å². The van der Waals surface area contributed by atoms with Crippen molar-refractivity contribution in [2.24, 2.45) is 5.92 Å². The molecular weight excluding hydrogens is 280 g/mol. The number of hydrogen-bond acceptors (Lipinski definition) is 3. The van der Waals surface area contributed by atoms with E-state index >= 15 is 0 Å². The third-order valence-electron chi connectivity index (χ3n) is 4.06. The Hall–Kier alpha value is -1.88. The first-order valence-corrected chi connectivity index (χ1v) is 7.88. The summed E-state index contributed by atoms with van der Waals surface area (Å²) >= 11 is 0. The Bertz CT molecular complexity index is 490. The number of nitrogens with one attached hydrogen (secondary N) is 1. The predicted molar refractivity (Wildman–Crippen MR) is 84.3 cm³/mol. The van der Waals surface area contributed by atoms with Crippen LogP contribution in [0.25, 0.3) is 0 Å². The maximum Gasteiger partial charge on any atom is 0.303 e. The summed E-state index contributed by atoms with van der Waals surface area (Å²) in [4.78, 5) is 24.3. The highest BCUT2D eigenvalue weighted by Crippen LogP contribution is 2.20. The molecule has 5 nitrogen and oxygen atoms in total. The van der Waals surface area contributed by atoms with Gasteiger partial charge in [-0.2, -0.15) is 0 Å². The van der Waals surface area contributed by atoms with Gasteiger partial charge in [-0.15, -0.1) is 0 Å². The van der Waals surface area contributed by atoms with Gasteiger partial charge in [-0.1, -0.05) is 30.3 Å². The molecule has 1 atom stereocenters. The van der Waals surface area contributed by atoms with Crippen LogP contribution in [0.4, 0.5) is 0 Å². The number of likely N-dealkylation sites (tertiary alicyclic amines) is 1. The van der Waals surface area contributed by atoms with E-state index in [2.05, 4.69) is 34.5 Å². The van der Waals surface area contributed by atoms with E-state index in [0.29, 0.717) is 12.5 Å². The monoisotopic (exact) mass is 304 g/mol. The Balaban J connectivity index is 1.60. The third-order valence-corrected chi connectivity index (χ3v) is 4.06. The Morgan fingerprint density at radius 2 is 2.00 bits per heavy atom. The summed E-state index contributed by atoms with van der Waals surface area (Å²) in [6.07, 6.45) is 2.10. The summed E-state index contributed by atoms with van der Waals surface area (Å²) in [6, 6.07) is 10.5. The molecule has 0 saturated carbocycles. The van der Waals surface area contributed by atoms with Gasteiger partial charge in [-0.05, 0) is 30.9 Å². The van der Waals surface area contributed by atoms with Gasteiger partial charge in [0, 0.05) is 26.1 Å².